The van der Waals surface area contributed by atoms with Crippen LogP contribution in [0.4, 0.5) is 16.2 Å². The highest BCUT2D eigenvalue weighted by molar-refractivity contribution is 6.05. The largest absolute Gasteiger partial charge is 0.444 e. The van der Waals surface area contributed by atoms with Gasteiger partial charge in [0.2, 0.25) is 0 Å². The van der Waals surface area contributed by atoms with Gasteiger partial charge in [-0.05, 0) is 54.3 Å². The summed E-state index contributed by atoms with van der Waals surface area (Å²) in [5.41, 5.74) is 9.95. The summed E-state index contributed by atoms with van der Waals surface area (Å²) in [4.78, 5) is 24.7. The molecule has 0 unspecified atom stereocenters. The quantitative estimate of drug-likeness (QED) is 0.476. The molecule has 3 aromatic rings. The summed E-state index contributed by atoms with van der Waals surface area (Å²) >= 11 is 0. The molecule has 6 heteroatoms. The van der Waals surface area contributed by atoms with Crippen molar-refractivity contribution in [3.8, 4) is 0 Å². The molecule has 1 aliphatic rings. The van der Waals surface area contributed by atoms with Crippen LogP contribution in [0.3, 0.4) is 0 Å². The number of amides is 2. The topological polar surface area (TPSA) is 93.5 Å². The normalized spacial score (nSPS) is 19.1. The van der Waals surface area contributed by atoms with E-state index in [4.69, 9.17) is 10.5 Å². The van der Waals surface area contributed by atoms with E-state index >= 15 is 0 Å². The number of rotatable bonds is 7. The highest BCUT2D eigenvalue weighted by Gasteiger charge is 2.49. The Morgan fingerprint density at radius 3 is 2.41 bits per heavy atom. The van der Waals surface area contributed by atoms with E-state index in [1.165, 1.54) is 5.56 Å². The number of carbonyl (C=O) groups excluding carboxylic acids is 2. The number of anilines is 2. The Morgan fingerprint density at radius 1 is 0.969 bits per heavy atom. The van der Waals surface area contributed by atoms with Gasteiger partial charge in [-0.2, -0.15) is 0 Å². The number of ether oxygens (including phenoxy) is 1. The van der Waals surface area contributed by atoms with Crippen molar-refractivity contribution >= 4 is 23.4 Å². The summed E-state index contributed by atoms with van der Waals surface area (Å²) in [6, 6.07) is 24.0. The highest BCUT2D eigenvalue weighted by Crippen LogP contribution is 2.51. The molecule has 3 aromatic carbocycles. The Hall–Kier alpha value is -3.64. The van der Waals surface area contributed by atoms with Crippen LogP contribution in [0.1, 0.15) is 47.2 Å². The molecule has 4 rings (SSSR count). The van der Waals surface area contributed by atoms with Crippen LogP contribution in [0.2, 0.25) is 0 Å². The van der Waals surface area contributed by atoms with Crippen molar-refractivity contribution < 1.29 is 14.3 Å². The van der Waals surface area contributed by atoms with Crippen molar-refractivity contribution in [3.05, 3.63) is 95.6 Å². The van der Waals surface area contributed by atoms with Crippen molar-refractivity contribution in [2.24, 2.45) is 5.73 Å². The zero-order valence-electron chi connectivity index (χ0n) is 18.0. The van der Waals surface area contributed by atoms with E-state index in [0.29, 0.717) is 22.9 Å². The van der Waals surface area contributed by atoms with E-state index in [0.717, 1.165) is 18.4 Å². The Morgan fingerprint density at radius 2 is 1.72 bits per heavy atom. The van der Waals surface area contributed by atoms with E-state index in [1.807, 2.05) is 54.6 Å². The first-order valence-electron chi connectivity index (χ1n) is 10.7. The summed E-state index contributed by atoms with van der Waals surface area (Å²) in [7, 11) is 0. The lowest BCUT2D eigenvalue weighted by Gasteiger charge is -2.11. The van der Waals surface area contributed by atoms with Crippen LogP contribution in [0.5, 0.6) is 0 Å². The first-order chi connectivity index (χ1) is 15.5. The lowest BCUT2D eigenvalue weighted by molar-refractivity contribution is 0.102. The summed E-state index contributed by atoms with van der Waals surface area (Å²) in [6.07, 6.45) is 1.38. The molecule has 0 aliphatic heterocycles. The fraction of sp³-hybridized carbons (Fsp3) is 0.231. The summed E-state index contributed by atoms with van der Waals surface area (Å²) in [6.45, 7) is 2.29. The average Bonchev–Trinajstić information content (AvgIpc) is 3.51. The minimum atomic E-state index is -0.579. The molecule has 1 fully saturated rings. The van der Waals surface area contributed by atoms with E-state index in [9.17, 15) is 9.59 Å². The molecule has 6 nitrogen and oxygen atoms in total. The molecule has 0 spiro atoms. The van der Waals surface area contributed by atoms with E-state index in [2.05, 4.69) is 17.6 Å². The molecule has 0 heterocycles. The second-order valence-corrected chi connectivity index (χ2v) is 8.19. The van der Waals surface area contributed by atoms with Crippen molar-refractivity contribution in [1.82, 2.24) is 0 Å². The third-order valence-electron chi connectivity index (χ3n) is 5.93. The van der Waals surface area contributed by atoms with Crippen LogP contribution in [-0.2, 0) is 11.3 Å². The molecule has 4 N–H and O–H groups in total. The van der Waals surface area contributed by atoms with E-state index < -0.39 is 6.09 Å². The number of carbonyl (C=O) groups is 2. The van der Waals surface area contributed by atoms with Gasteiger partial charge in [0.15, 0.2) is 0 Å². The minimum Gasteiger partial charge on any atom is -0.444 e. The van der Waals surface area contributed by atoms with Gasteiger partial charge in [-0.3, -0.25) is 10.1 Å². The van der Waals surface area contributed by atoms with E-state index in [-0.39, 0.29) is 18.1 Å². The smallest absolute Gasteiger partial charge is 0.411 e. The van der Waals surface area contributed by atoms with Crippen LogP contribution in [0.15, 0.2) is 78.9 Å². The SMILES string of the molecule is CC[C@]1(N)C[C@H]1c1ccc(NC(=O)c2cccc(NC(=O)OCc3ccccc3)c2)cc1. The van der Waals surface area contributed by atoms with Crippen molar-refractivity contribution in [2.45, 2.75) is 37.8 Å². The summed E-state index contributed by atoms with van der Waals surface area (Å²) in [5, 5.41) is 5.55. The van der Waals surface area contributed by atoms with Gasteiger partial charge in [0.1, 0.15) is 6.61 Å². The Balaban J connectivity index is 1.32. The Labute approximate surface area is 187 Å². The van der Waals surface area contributed by atoms with Gasteiger partial charge in [0.25, 0.3) is 5.91 Å². The number of hydrogen-bond acceptors (Lipinski definition) is 4. The van der Waals surface area contributed by atoms with Crippen molar-refractivity contribution in [2.75, 3.05) is 10.6 Å². The van der Waals surface area contributed by atoms with Crippen molar-refractivity contribution in [1.29, 1.82) is 0 Å². The number of benzene rings is 3. The maximum atomic E-state index is 12.7. The maximum absolute atomic E-state index is 12.7. The first kappa shape index (κ1) is 21.6. The molecular weight excluding hydrogens is 402 g/mol. The highest BCUT2D eigenvalue weighted by atomic mass is 16.5. The molecular formula is C26H27N3O3. The fourth-order valence-corrected chi connectivity index (χ4v) is 3.78. The Kier molecular flexibility index (Phi) is 6.23. The van der Waals surface area contributed by atoms with Gasteiger partial charge >= 0.3 is 6.09 Å². The molecule has 164 valence electrons. The minimum absolute atomic E-state index is 0.0829. The van der Waals surface area contributed by atoms with Gasteiger partial charge < -0.3 is 15.8 Å². The predicted octanol–water partition coefficient (Wildman–Crippen LogP) is 5.28. The molecule has 32 heavy (non-hydrogen) atoms. The molecule has 0 saturated heterocycles. The number of nitrogens with two attached hydrogens (primary N) is 1. The monoisotopic (exact) mass is 429 g/mol. The zero-order valence-corrected chi connectivity index (χ0v) is 18.0. The molecule has 2 atom stereocenters. The molecule has 0 bridgehead atoms. The third kappa shape index (κ3) is 5.15. The number of hydrogen-bond donors (Lipinski definition) is 3. The molecule has 2 amide bonds. The average molecular weight is 430 g/mol. The third-order valence-corrected chi connectivity index (χ3v) is 5.93. The van der Waals surface area contributed by atoms with Crippen molar-refractivity contribution in [3.63, 3.8) is 0 Å². The second-order valence-electron chi connectivity index (χ2n) is 8.19. The molecule has 1 saturated carbocycles. The second kappa shape index (κ2) is 9.24. The predicted molar refractivity (Wildman–Crippen MR) is 126 cm³/mol. The van der Waals surface area contributed by atoms with E-state index in [1.54, 1.807) is 24.3 Å². The van der Waals surface area contributed by atoms with Gasteiger partial charge in [-0.25, -0.2) is 4.79 Å². The standard InChI is InChI=1S/C26H27N3O3/c1-2-26(27)16-23(26)19-11-13-21(14-12-19)28-24(30)20-9-6-10-22(15-20)29-25(31)32-17-18-7-4-3-5-8-18/h3-15,23H,2,16-17,27H2,1H3,(H,28,30)(H,29,31)/t23-,26-/m0/s1. The Bertz CT molecular complexity index is 1100. The fourth-order valence-electron chi connectivity index (χ4n) is 3.78. The van der Waals surface area contributed by atoms with Gasteiger partial charge in [-0.1, -0.05) is 55.5 Å². The number of nitrogens with one attached hydrogen (secondary N) is 2. The van der Waals surface area contributed by atoms with Crippen LogP contribution in [0.25, 0.3) is 0 Å². The van der Waals surface area contributed by atoms with Crippen LogP contribution in [-0.4, -0.2) is 17.5 Å². The van der Waals surface area contributed by atoms with Gasteiger partial charge in [-0.15, -0.1) is 0 Å². The van der Waals surface area contributed by atoms with Crippen LogP contribution in [0, 0.1) is 0 Å². The molecule has 1 aliphatic carbocycles. The summed E-state index contributed by atoms with van der Waals surface area (Å²) < 4.78 is 5.23. The maximum Gasteiger partial charge on any atom is 0.411 e. The lowest BCUT2D eigenvalue weighted by Crippen LogP contribution is -2.22. The molecule has 0 aromatic heterocycles. The zero-order chi connectivity index (χ0) is 22.6. The van der Waals surface area contributed by atoms with Crippen LogP contribution < -0.4 is 16.4 Å². The van der Waals surface area contributed by atoms with Gasteiger partial charge in [0.05, 0.1) is 0 Å². The lowest BCUT2D eigenvalue weighted by atomic mass is 10.0. The summed E-state index contributed by atoms with van der Waals surface area (Å²) in [5.74, 6) is 0.133. The van der Waals surface area contributed by atoms with Gasteiger partial charge in [0, 0.05) is 28.4 Å². The first-order valence-corrected chi connectivity index (χ1v) is 10.7. The molecule has 0 radical (unpaired) electrons. The van der Waals surface area contributed by atoms with Crippen LogP contribution >= 0.6 is 0 Å².